The molecule has 0 spiro atoms. The Hall–Kier alpha value is -1.20. The number of nitrogens with one attached hydrogen (secondary N) is 1. The van der Waals surface area contributed by atoms with Gasteiger partial charge in [-0.25, -0.2) is 0 Å². The van der Waals surface area contributed by atoms with Crippen molar-refractivity contribution in [2.45, 2.75) is 39.1 Å². The molecular weight excluding hydrogens is 240 g/mol. The second-order valence-corrected chi connectivity index (χ2v) is 4.10. The summed E-state index contributed by atoms with van der Waals surface area (Å²) >= 11 is 0. The number of hydrogen-bond acceptors (Lipinski definition) is 3. The van der Waals surface area contributed by atoms with Gasteiger partial charge in [-0.1, -0.05) is 18.2 Å². The van der Waals surface area contributed by atoms with Crippen molar-refractivity contribution in [3.8, 4) is 5.75 Å². The Kier molecular flexibility index (Phi) is 6.01. The number of halogens is 2. The van der Waals surface area contributed by atoms with Crippen LogP contribution in [0.15, 0.2) is 24.3 Å². The summed E-state index contributed by atoms with van der Waals surface area (Å²) in [6.45, 7) is 1.57. The van der Waals surface area contributed by atoms with E-state index in [0.29, 0.717) is 12.1 Å². The maximum atomic E-state index is 12.2. The molecule has 102 valence electrons. The van der Waals surface area contributed by atoms with Gasteiger partial charge in [-0.3, -0.25) is 0 Å². The molecule has 0 fully saturated rings. The van der Waals surface area contributed by atoms with E-state index in [0.717, 1.165) is 0 Å². The third-order valence-corrected chi connectivity index (χ3v) is 2.88. The zero-order chi connectivity index (χ0) is 13.5. The summed E-state index contributed by atoms with van der Waals surface area (Å²) in [6.07, 6.45) is 0.0492. The highest BCUT2D eigenvalue weighted by Crippen LogP contribution is 2.20. The lowest BCUT2D eigenvalue weighted by Gasteiger charge is -2.20. The van der Waals surface area contributed by atoms with Crippen molar-refractivity contribution in [3.05, 3.63) is 29.8 Å². The molecule has 2 unspecified atom stereocenters. The van der Waals surface area contributed by atoms with Crippen LogP contribution in [0.3, 0.4) is 0 Å². The maximum absolute atomic E-state index is 12.2. The number of methoxy groups -OCH3 is 1. The Morgan fingerprint density at radius 1 is 1.22 bits per heavy atom. The molecule has 0 aliphatic heterocycles. The first kappa shape index (κ1) is 14.9. The number of benzene rings is 1. The van der Waals surface area contributed by atoms with Crippen molar-refractivity contribution in [3.63, 3.8) is 0 Å². The topological polar surface area (TPSA) is 30.5 Å². The molecule has 0 aliphatic rings. The molecule has 18 heavy (non-hydrogen) atoms. The van der Waals surface area contributed by atoms with Gasteiger partial charge in [0.25, 0.3) is 0 Å². The Morgan fingerprint density at radius 2 is 1.89 bits per heavy atom. The number of para-hydroxylation sites is 1. The van der Waals surface area contributed by atoms with Gasteiger partial charge in [0.05, 0.1) is 6.10 Å². The van der Waals surface area contributed by atoms with Gasteiger partial charge in [-0.15, -0.1) is 0 Å². The van der Waals surface area contributed by atoms with Gasteiger partial charge in [0.2, 0.25) is 0 Å². The van der Waals surface area contributed by atoms with E-state index < -0.39 is 6.61 Å². The highest BCUT2D eigenvalue weighted by atomic mass is 19.3. The lowest BCUT2D eigenvalue weighted by molar-refractivity contribution is -0.0505. The Labute approximate surface area is 106 Å². The van der Waals surface area contributed by atoms with E-state index in [1.165, 1.54) is 6.07 Å². The quantitative estimate of drug-likeness (QED) is 0.816. The minimum atomic E-state index is -2.80. The molecule has 0 saturated carbocycles. The van der Waals surface area contributed by atoms with Gasteiger partial charge < -0.3 is 14.8 Å². The molecule has 1 N–H and O–H groups in total. The van der Waals surface area contributed by atoms with Crippen molar-refractivity contribution in [2.24, 2.45) is 0 Å². The van der Waals surface area contributed by atoms with Gasteiger partial charge in [-0.05, 0) is 19.9 Å². The van der Waals surface area contributed by atoms with Gasteiger partial charge in [0.15, 0.2) is 0 Å². The van der Waals surface area contributed by atoms with Gasteiger partial charge in [0, 0.05) is 25.3 Å². The first-order chi connectivity index (χ1) is 8.54. The minimum Gasteiger partial charge on any atom is -0.434 e. The van der Waals surface area contributed by atoms with Crippen LogP contribution in [0.25, 0.3) is 0 Å². The summed E-state index contributed by atoms with van der Waals surface area (Å²) in [7, 11) is 1.64. The van der Waals surface area contributed by atoms with Crippen molar-refractivity contribution < 1.29 is 18.3 Å². The molecule has 0 aliphatic carbocycles. The van der Waals surface area contributed by atoms with Crippen LogP contribution in [-0.2, 0) is 11.3 Å². The molecule has 0 amide bonds. The van der Waals surface area contributed by atoms with E-state index in [9.17, 15) is 8.78 Å². The predicted octanol–water partition coefficient (Wildman–Crippen LogP) is 2.80. The fourth-order valence-electron chi connectivity index (χ4n) is 1.50. The summed E-state index contributed by atoms with van der Waals surface area (Å²) in [5.74, 6) is 0.206. The molecule has 3 nitrogen and oxygen atoms in total. The Morgan fingerprint density at radius 3 is 2.50 bits per heavy atom. The second-order valence-electron chi connectivity index (χ2n) is 4.10. The smallest absolute Gasteiger partial charge is 0.387 e. The van der Waals surface area contributed by atoms with Crippen LogP contribution < -0.4 is 10.1 Å². The zero-order valence-electron chi connectivity index (χ0n) is 10.8. The molecular formula is C13H19F2NO2. The van der Waals surface area contributed by atoms with Crippen LogP contribution in [0, 0.1) is 0 Å². The standard InChI is InChI=1S/C13H19F2NO2/c1-9(10(2)17-3)16-8-11-6-4-5-7-12(11)18-13(14)15/h4-7,9-10,13,16H,8H2,1-3H3. The lowest BCUT2D eigenvalue weighted by atomic mass is 10.1. The van der Waals surface area contributed by atoms with E-state index in [1.54, 1.807) is 25.3 Å². The van der Waals surface area contributed by atoms with E-state index in [1.807, 2.05) is 13.8 Å². The predicted molar refractivity (Wildman–Crippen MR) is 65.8 cm³/mol. The largest absolute Gasteiger partial charge is 0.434 e. The van der Waals surface area contributed by atoms with Crippen molar-refractivity contribution >= 4 is 0 Å². The molecule has 1 rings (SSSR count). The van der Waals surface area contributed by atoms with Crippen LogP contribution in [-0.4, -0.2) is 25.9 Å². The SMILES string of the molecule is COC(C)C(C)NCc1ccccc1OC(F)F. The summed E-state index contributed by atoms with van der Waals surface area (Å²) in [5.41, 5.74) is 0.702. The Balaban J connectivity index is 2.61. The van der Waals surface area contributed by atoms with Crippen molar-refractivity contribution in [1.29, 1.82) is 0 Å². The molecule has 1 aromatic carbocycles. The summed E-state index contributed by atoms with van der Waals surface area (Å²) in [5, 5.41) is 3.21. The average Bonchev–Trinajstić information content (AvgIpc) is 2.35. The van der Waals surface area contributed by atoms with Crippen molar-refractivity contribution in [1.82, 2.24) is 5.32 Å². The van der Waals surface area contributed by atoms with Crippen LogP contribution in [0.5, 0.6) is 5.75 Å². The van der Waals surface area contributed by atoms with Crippen LogP contribution >= 0.6 is 0 Å². The second kappa shape index (κ2) is 7.28. The molecule has 0 aromatic heterocycles. The van der Waals surface area contributed by atoms with Crippen molar-refractivity contribution in [2.75, 3.05) is 7.11 Å². The normalized spacial score (nSPS) is 14.6. The fraction of sp³-hybridized carbons (Fsp3) is 0.538. The highest BCUT2D eigenvalue weighted by Gasteiger charge is 2.13. The van der Waals surface area contributed by atoms with Crippen LogP contribution in [0.4, 0.5) is 8.78 Å². The lowest BCUT2D eigenvalue weighted by Crippen LogP contribution is -2.36. The molecule has 2 atom stereocenters. The third kappa shape index (κ3) is 4.58. The number of hydrogen-bond donors (Lipinski definition) is 1. The first-order valence-corrected chi connectivity index (χ1v) is 5.83. The summed E-state index contributed by atoms with van der Waals surface area (Å²) < 4.78 is 34.1. The van der Waals surface area contributed by atoms with Crippen LogP contribution in [0.1, 0.15) is 19.4 Å². The molecule has 5 heteroatoms. The van der Waals surface area contributed by atoms with E-state index in [-0.39, 0.29) is 17.9 Å². The number of ether oxygens (including phenoxy) is 2. The molecule has 0 heterocycles. The zero-order valence-corrected chi connectivity index (χ0v) is 10.8. The van der Waals surface area contributed by atoms with E-state index >= 15 is 0 Å². The molecule has 1 aromatic rings. The van der Waals surface area contributed by atoms with Gasteiger partial charge in [-0.2, -0.15) is 8.78 Å². The molecule has 0 saturated heterocycles. The highest BCUT2D eigenvalue weighted by molar-refractivity contribution is 5.33. The van der Waals surface area contributed by atoms with Gasteiger partial charge >= 0.3 is 6.61 Å². The average molecular weight is 259 g/mol. The maximum Gasteiger partial charge on any atom is 0.387 e. The monoisotopic (exact) mass is 259 g/mol. The number of alkyl halides is 2. The fourth-order valence-corrected chi connectivity index (χ4v) is 1.50. The first-order valence-electron chi connectivity index (χ1n) is 5.83. The van der Waals surface area contributed by atoms with Crippen LogP contribution in [0.2, 0.25) is 0 Å². The number of rotatable bonds is 7. The Bertz CT molecular complexity index is 361. The summed E-state index contributed by atoms with van der Waals surface area (Å²) in [4.78, 5) is 0. The third-order valence-electron chi connectivity index (χ3n) is 2.88. The molecule has 0 bridgehead atoms. The summed E-state index contributed by atoms with van der Waals surface area (Å²) in [6, 6.07) is 6.87. The van der Waals surface area contributed by atoms with E-state index in [2.05, 4.69) is 10.1 Å². The minimum absolute atomic E-state index is 0.0492. The van der Waals surface area contributed by atoms with E-state index in [4.69, 9.17) is 4.74 Å². The molecule has 0 radical (unpaired) electrons. The van der Waals surface area contributed by atoms with Gasteiger partial charge in [0.1, 0.15) is 5.75 Å².